The van der Waals surface area contributed by atoms with Crippen LogP contribution < -0.4 is 4.72 Å². The molecule has 0 radical (unpaired) electrons. The van der Waals surface area contributed by atoms with Gasteiger partial charge in [-0.05, 0) is 31.4 Å². The van der Waals surface area contributed by atoms with Crippen LogP contribution >= 0.6 is 0 Å². The van der Waals surface area contributed by atoms with Crippen LogP contribution in [-0.2, 0) is 20.5 Å². The van der Waals surface area contributed by atoms with Gasteiger partial charge in [0.1, 0.15) is 0 Å². The normalized spacial score (nSPS) is 11.7. The summed E-state index contributed by atoms with van der Waals surface area (Å²) in [5.41, 5.74) is 1.84. The van der Waals surface area contributed by atoms with Gasteiger partial charge in [-0.1, -0.05) is 24.3 Å². The van der Waals surface area contributed by atoms with Gasteiger partial charge in [-0.3, -0.25) is 0 Å². The number of hydrogen-bond acceptors (Lipinski definition) is 3. The predicted molar refractivity (Wildman–Crippen MR) is 72.9 cm³/mol. The quantitative estimate of drug-likeness (QED) is 0.734. The van der Waals surface area contributed by atoms with Gasteiger partial charge in [0.25, 0.3) is 0 Å². The molecule has 0 saturated carbocycles. The van der Waals surface area contributed by atoms with E-state index in [-0.39, 0.29) is 5.75 Å². The molecule has 0 aliphatic carbocycles. The molecule has 1 aromatic carbocycles. The summed E-state index contributed by atoms with van der Waals surface area (Å²) in [6.07, 6.45) is 0.695. The van der Waals surface area contributed by atoms with Gasteiger partial charge >= 0.3 is 0 Å². The molecule has 0 unspecified atom stereocenters. The van der Waals surface area contributed by atoms with E-state index in [2.05, 4.69) is 4.72 Å². The Balaban J connectivity index is 2.43. The van der Waals surface area contributed by atoms with E-state index >= 15 is 0 Å². The fourth-order valence-electron chi connectivity index (χ4n) is 1.57. The molecule has 0 fully saturated rings. The highest BCUT2D eigenvalue weighted by Gasteiger charge is 2.11. The van der Waals surface area contributed by atoms with Crippen LogP contribution in [0.1, 0.15) is 24.5 Å². The fraction of sp³-hybridized carbons (Fsp3) is 0.538. The zero-order valence-corrected chi connectivity index (χ0v) is 11.8. The highest BCUT2D eigenvalue weighted by molar-refractivity contribution is 7.88. The average Bonchev–Trinajstić information content (AvgIpc) is 2.31. The van der Waals surface area contributed by atoms with Gasteiger partial charge in [0, 0.05) is 19.8 Å². The number of nitrogens with one attached hydrogen (secondary N) is 1. The van der Waals surface area contributed by atoms with E-state index in [0.717, 1.165) is 11.1 Å². The standard InChI is InChI=1S/C13H21NO3S/c1-3-17-10-6-9-14-18(15,16)11-13-8-5-4-7-12(13)2/h4-5,7-8,14H,3,6,9-11H2,1-2H3. The lowest BCUT2D eigenvalue weighted by Gasteiger charge is -2.08. The van der Waals surface area contributed by atoms with Crippen molar-refractivity contribution in [2.45, 2.75) is 26.0 Å². The molecular weight excluding hydrogens is 250 g/mol. The Bertz CT molecular complexity index is 457. The van der Waals surface area contributed by atoms with Crippen molar-refractivity contribution in [1.82, 2.24) is 4.72 Å². The monoisotopic (exact) mass is 271 g/mol. The van der Waals surface area contributed by atoms with Crippen molar-refractivity contribution in [2.24, 2.45) is 0 Å². The summed E-state index contributed by atoms with van der Waals surface area (Å²) in [6.45, 7) is 5.51. The van der Waals surface area contributed by atoms with Gasteiger partial charge in [0.05, 0.1) is 5.75 Å². The van der Waals surface area contributed by atoms with Gasteiger partial charge < -0.3 is 4.74 Å². The third kappa shape index (κ3) is 5.62. The zero-order chi connectivity index (χ0) is 13.4. The van der Waals surface area contributed by atoms with Crippen LogP contribution in [0.25, 0.3) is 0 Å². The van der Waals surface area contributed by atoms with Crippen molar-refractivity contribution in [3.63, 3.8) is 0 Å². The summed E-state index contributed by atoms with van der Waals surface area (Å²) in [5.74, 6) is 0.0360. The van der Waals surface area contributed by atoms with Gasteiger partial charge in [0.15, 0.2) is 0 Å². The number of benzene rings is 1. The number of aryl methyl sites for hydroxylation is 1. The van der Waals surface area contributed by atoms with E-state index in [1.54, 1.807) is 0 Å². The molecular formula is C13H21NO3S. The minimum Gasteiger partial charge on any atom is -0.382 e. The topological polar surface area (TPSA) is 55.4 Å². The van der Waals surface area contributed by atoms with E-state index in [1.165, 1.54) is 0 Å². The van der Waals surface area contributed by atoms with E-state index in [4.69, 9.17) is 4.74 Å². The maximum Gasteiger partial charge on any atom is 0.215 e. The molecule has 0 bridgehead atoms. The van der Waals surface area contributed by atoms with E-state index in [9.17, 15) is 8.42 Å². The highest BCUT2D eigenvalue weighted by Crippen LogP contribution is 2.10. The minimum absolute atomic E-state index is 0.0360. The first kappa shape index (κ1) is 15.1. The van der Waals surface area contributed by atoms with Crippen molar-refractivity contribution in [2.75, 3.05) is 19.8 Å². The summed E-state index contributed by atoms with van der Waals surface area (Å²) >= 11 is 0. The third-order valence-corrected chi connectivity index (χ3v) is 3.93. The molecule has 0 atom stereocenters. The summed E-state index contributed by atoms with van der Waals surface area (Å²) < 4.78 is 31.4. The number of hydrogen-bond donors (Lipinski definition) is 1. The molecule has 0 saturated heterocycles. The molecule has 102 valence electrons. The summed E-state index contributed by atoms with van der Waals surface area (Å²) in [6, 6.07) is 7.52. The molecule has 0 spiro atoms. The number of rotatable bonds is 8. The zero-order valence-electron chi connectivity index (χ0n) is 11.0. The summed E-state index contributed by atoms with van der Waals surface area (Å²) in [4.78, 5) is 0. The molecule has 5 heteroatoms. The van der Waals surface area contributed by atoms with Crippen molar-refractivity contribution < 1.29 is 13.2 Å². The second kappa shape index (κ2) is 7.51. The smallest absolute Gasteiger partial charge is 0.215 e. The van der Waals surface area contributed by atoms with Gasteiger partial charge in [-0.15, -0.1) is 0 Å². The van der Waals surface area contributed by atoms with E-state index in [1.807, 2.05) is 38.1 Å². The lowest BCUT2D eigenvalue weighted by Crippen LogP contribution is -2.27. The lowest BCUT2D eigenvalue weighted by molar-refractivity contribution is 0.146. The Hall–Kier alpha value is -0.910. The molecule has 0 aromatic heterocycles. The van der Waals surface area contributed by atoms with E-state index in [0.29, 0.717) is 26.2 Å². The van der Waals surface area contributed by atoms with Gasteiger partial charge in [-0.25, -0.2) is 13.1 Å². The molecule has 1 rings (SSSR count). The van der Waals surface area contributed by atoms with Crippen LogP contribution in [0.5, 0.6) is 0 Å². The molecule has 4 nitrogen and oxygen atoms in total. The Morgan fingerprint density at radius 3 is 2.67 bits per heavy atom. The second-order valence-corrected chi connectivity index (χ2v) is 5.94. The van der Waals surface area contributed by atoms with Crippen molar-refractivity contribution in [1.29, 1.82) is 0 Å². The molecule has 0 heterocycles. The summed E-state index contributed by atoms with van der Waals surface area (Å²) in [5, 5.41) is 0. The van der Waals surface area contributed by atoms with Crippen LogP contribution in [0.2, 0.25) is 0 Å². The minimum atomic E-state index is -3.25. The Kier molecular flexibility index (Phi) is 6.32. The van der Waals surface area contributed by atoms with Crippen molar-refractivity contribution >= 4 is 10.0 Å². The molecule has 1 N–H and O–H groups in total. The number of ether oxygens (including phenoxy) is 1. The first-order chi connectivity index (χ1) is 8.55. The third-order valence-electron chi connectivity index (χ3n) is 2.60. The molecule has 0 aliphatic rings. The molecule has 0 amide bonds. The molecule has 1 aromatic rings. The van der Waals surface area contributed by atoms with Crippen molar-refractivity contribution in [3.8, 4) is 0 Å². The van der Waals surface area contributed by atoms with E-state index < -0.39 is 10.0 Å². The van der Waals surface area contributed by atoms with Gasteiger partial charge in [0.2, 0.25) is 10.0 Å². The van der Waals surface area contributed by atoms with Crippen molar-refractivity contribution in [3.05, 3.63) is 35.4 Å². The summed E-state index contributed by atoms with van der Waals surface area (Å²) in [7, 11) is -3.25. The Morgan fingerprint density at radius 2 is 2.00 bits per heavy atom. The molecule has 0 aliphatic heterocycles. The molecule has 18 heavy (non-hydrogen) atoms. The maximum absolute atomic E-state index is 11.8. The maximum atomic E-state index is 11.8. The van der Waals surface area contributed by atoms with Crippen LogP contribution in [0.3, 0.4) is 0 Å². The Morgan fingerprint density at radius 1 is 1.28 bits per heavy atom. The largest absolute Gasteiger partial charge is 0.382 e. The fourth-order valence-corrected chi connectivity index (χ4v) is 2.86. The van der Waals surface area contributed by atoms with Crippen LogP contribution in [0.15, 0.2) is 24.3 Å². The Labute approximate surface area is 109 Å². The first-order valence-corrected chi connectivity index (χ1v) is 7.80. The van der Waals surface area contributed by atoms with Gasteiger partial charge in [-0.2, -0.15) is 0 Å². The SMILES string of the molecule is CCOCCCNS(=O)(=O)Cc1ccccc1C. The van der Waals surface area contributed by atoms with Crippen LogP contribution in [-0.4, -0.2) is 28.2 Å². The number of sulfonamides is 1. The van der Waals surface area contributed by atoms with Crippen LogP contribution in [0, 0.1) is 6.92 Å². The highest BCUT2D eigenvalue weighted by atomic mass is 32.2. The first-order valence-electron chi connectivity index (χ1n) is 6.15. The second-order valence-electron chi connectivity index (χ2n) is 4.13. The lowest BCUT2D eigenvalue weighted by atomic mass is 10.1. The predicted octanol–water partition coefficient (Wildman–Crippen LogP) is 1.84. The average molecular weight is 271 g/mol. The van der Waals surface area contributed by atoms with Crippen LogP contribution in [0.4, 0.5) is 0 Å².